The molecule has 0 radical (unpaired) electrons. The Morgan fingerprint density at radius 2 is 1.77 bits per heavy atom. The van der Waals surface area contributed by atoms with Gasteiger partial charge in [-0.15, -0.1) is 36.4 Å². The second-order valence-corrected chi connectivity index (χ2v) is 5.82. The number of benzene rings is 1. The third kappa shape index (κ3) is 4.30. The molecule has 1 fully saturated rings. The monoisotopic (exact) mass is 381 g/mol. The van der Waals surface area contributed by atoms with E-state index in [-0.39, 0.29) is 24.8 Å². The number of piperazine rings is 1. The van der Waals surface area contributed by atoms with E-state index >= 15 is 0 Å². The van der Waals surface area contributed by atoms with Crippen LogP contribution in [-0.2, 0) is 0 Å². The number of hydrogen-bond donors (Lipinski definition) is 0. The highest BCUT2D eigenvalue weighted by Gasteiger charge is 2.18. The van der Waals surface area contributed by atoms with E-state index in [0.717, 1.165) is 43.3 Å². The van der Waals surface area contributed by atoms with E-state index in [4.69, 9.17) is 23.2 Å². The van der Waals surface area contributed by atoms with Gasteiger partial charge in [-0.1, -0.05) is 11.6 Å². The molecule has 0 amide bonds. The van der Waals surface area contributed by atoms with Crippen molar-refractivity contribution in [1.82, 2.24) is 9.88 Å². The van der Waals surface area contributed by atoms with Gasteiger partial charge in [-0.3, -0.25) is 9.88 Å². The summed E-state index contributed by atoms with van der Waals surface area (Å²) < 4.78 is 0. The molecule has 1 saturated heterocycles. The van der Waals surface area contributed by atoms with Crippen LogP contribution in [0.15, 0.2) is 30.5 Å². The molecular weight excluding hydrogens is 364 g/mol. The molecule has 1 aliphatic heterocycles. The van der Waals surface area contributed by atoms with E-state index in [9.17, 15) is 0 Å². The van der Waals surface area contributed by atoms with Gasteiger partial charge in [0.25, 0.3) is 0 Å². The Hall–Kier alpha value is -0.450. The van der Waals surface area contributed by atoms with Crippen LogP contribution in [-0.4, -0.2) is 48.5 Å². The van der Waals surface area contributed by atoms with Crippen LogP contribution in [0.4, 0.5) is 5.69 Å². The molecule has 1 aromatic heterocycles. The second kappa shape index (κ2) is 8.99. The quantitative estimate of drug-likeness (QED) is 0.745. The van der Waals surface area contributed by atoms with Gasteiger partial charge in [0.2, 0.25) is 0 Å². The summed E-state index contributed by atoms with van der Waals surface area (Å²) in [6, 6.07) is 8.00. The van der Waals surface area contributed by atoms with Crippen molar-refractivity contribution in [1.29, 1.82) is 0 Å². The minimum Gasteiger partial charge on any atom is -0.368 e. The molecule has 1 aromatic carbocycles. The summed E-state index contributed by atoms with van der Waals surface area (Å²) in [4.78, 5) is 9.23. The van der Waals surface area contributed by atoms with Crippen LogP contribution in [0, 0.1) is 0 Å². The molecule has 3 rings (SSSR count). The zero-order valence-electron chi connectivity index (χ0n) is 12.0. The number of fused-ring (bicyclic) bond motifs is 1. The highest BCUT2D eigenvalue weighted by atomic mass is 35.5. The highest BCUT2D eigenvalue weighted by Crippen LogP contribution is 2.28. The average molecular weight is 383 g/mol. The molecule has 1 aliphatic rings. The molecule has 22 heavy (non-hydrogen) atoms. The lowest BCUT2D eigenvalue weighted by Crippen LogP contribution is -2.47. The summed E-state index contributed by atoms with van der Waals surface area (Å²) in [5.74, 6) is 0.705. The Balaban J connectivity index is 0.00000121. The van der Waals surface area contributed by atoms with Crippen molar-refractivity contribution in [2.24, 2.45) is 0 Å². The fourth-order valence-electron chi connectivity index (χ4n) is 2.71. The van der Waals surface area contributed by atoms with Crippen LogP contribution in [0.3, 0.4) is 0 Å². The summed E-state index contributed by atoms with van der Waals surface area (Å²) in [6.07, 6.45) is 1.86. The minimum absolute atomic E-state index is 0. The molecule has 122 valence electrons. The zero-order valence-corrected chi connectivity index (χ0v) is 15.2. The number of anilines is 1. The third-order valence-electron chi connectivity index (χ3n) is 3.80. The summed E-state index contributed by atoms with van der Waals surface area (Å²) in [5, 5.41) is 1.90. The molecular formula is C15H19Cl4N3. The van der Waals surface area contributed by atoms with Crippen LogP contribution in [0.2, 0.25) is 5.02 Å². The van der Waals surface area contributed by atoms with E-state index in [1.54, 1.807) is 0 Å². The van der Waals surface area contributed by atoms with Crippen molar-refractivity contribution < 1.29 is 0 Å². The van der Waals surface area contributed by atoms with Crippen molar-refractivity contribution in [3.63, 3.8) is 0 Å². The predicted molar refractivity (Wildman–Crippen MR) is 101 cm³/mol. The normalized spacial score (nSPS) is 15.3. The fourth-order valence-corrected chi connectivity index (χ4v) is 3.12. The van der Waals surface area contributed by atoms with Crippen LogP contribution in [0.25, 0.3) is 10.9 Å². The fraction of sp³-hybridized carbons (Fsp3) is 0.400. The van der Waals surface area contributed by atoms with E-state index in [1.807, 2.05) is 18.3 Å². The predicted octanol–water partition coefficient (Wildman–Crippen LogP) is 4.09. The number of aromatic nitrogens is 1. The molecule has 0 bridgehead atoms. The number of nitrogens with zero attached hydrogens (tertiary/aromatic N) is 3. The molecule has 0 spiro atoms. The lowest BCUT2D eigenvalue weighted by Gasteiger charge is -2.36. The molecule has 0 atom stereocenters. The summed E-state index contributed by atoms with van der Waals surface area (Å²) in [7, 11) is 0. The highest BCUT2D eigenvalue weighted by molar-refractivity contribution is 6.31. The van der Waals surface area contributed by atoms with Crippen molar-refractivity contribution in [3.05, 3.63) is 35.5 Å². The average Bonchev–Trinajstić information content (AvgIpc) is 2.47. The number of halogens is 4. The Kier molecular flexibility index (Phi) is 8.01. The van der Waals surface area contributed by atoms with Crippen LogP contribution in [0.1, 0.15) is 0 Å². The summed E-state index contributed by atoms with van der Waals surface area (Å²) in [5.41, 5.74) is 2.20. The topological polar surface area (TPSA) is 19.4 Å². The molecule has 0 unspecified atom stereocenters. The van der Waals surface area contributed by atoms with Gasteiger partial charge in [-0.25, -0.2) is 0 Å². The maximum atomic E-state index is 6.04. The van der Waals surface area contributed by atoms with Gasteiger partial charge in [-0.05, 0) is 24.3 Å². The standard InChI is InChI=1S/C15H17Cl2N3.2ClH/c16-4-6-19-7-9-20(10-8-19)15-3-5-18-14-11-12(17)1-2-13(14)15;;/h1-3,5,11H,4,6-10H2;2*1H. The first-order valence-electron chi connectivity index (χ1n) is 6.85. The Bertz CT molecular complexity index is 600. The van der Waals surface area contributed by atoms with E-state index in [1.165, 1.54) is 11.1 Å². The molecule has 0 aliphatic carbocycles. The first kappa shape index (κ1) is 19.6. The van der Waals surface area contributed by atoms with Gasteiger partial charge >= 0.3 is 0 Å². The van der Waals surface area contributed by atoms with Gasteiger partial charge in [0, 0.05) is 60.9 Å². The summed E-state index contributed by atoms with van der Waals surface area (Å²) >= 11 is 11.8. The number of hydrogen-bond acceptors (Lipinski definition) is 3. The molecule has 3 nitrogen and oxygen atoms in total. The first-order valence-corrected chi connectivity index (χ1v) is 7.77. The maximum absolute atomic E-state index is 6.04. The second-order valence-electron chi connectivity index (χ2n) is 5.01. The largest absolute Gasteiger partial charge is 0.368 e. The van der Waals surface area contributed by atoms with Crippen molar-refractivity contribution in [2.45, 2.75) is 0 Å². The summed E-state index contributed by atoms with van der Waals surface area (Å²) in [6.45, 7) is 5.15. The molecule has 2 aromatic rings. The lowest BCUT2D eigenvalue weighted by atomic mass is 10.1. The zero-order chi connectivity index (χ0) is 13.9. The molecule has 7 heteroatoms. The van der Waals surface area contributed by atoms with Gasteiger partial charge in [-0.2, -0.15) is 0 Å². The molecule has 0 saturated carbocycles. The van der Waals surface area contributed by atoms with Gasteiger partial charge < -0.3 is 4.90 Å². The van der Waals surface area contributed by atoms with Gasteiger partial charge in [0.05, 0.1) is 5.52 Å². The van der Waals surface area contributed by atoms with Crippen molar-refractivity contribution in [2.75, 3.05) is 43.5 Å². The Labute approximate surface area is 153 Å². The molecule has 2 heterocycles. The maximum Gasteiger partial charge on any atom is 0.0737 e. The Morgan fingerprint density at radius 1 is 1.05 bits per heavy atom. The van der Waals surface area contributed by atoms with E-state index in [2.05, 4.69) is 26.9 Å². The SMILES string of the molecule is Cl.Cl.ClCCN1CCN(c2ccnc3cc(Cl)ccc23)CC1. The van der Waals surface area contributed by atoms with Gasteiger partial charge in [0.15, 0.2) is 0 Å². The van der Waals surface area contributed by atoms with Crippen LogP contribution >= 0.6 is 48.0 Å². The minimum atomic E-state index is 0. The van der Waals surface area contributed by atoms with Crippen LogP contribution < -0.4 is 4.90 Å². The Morgan fingerprint density at radius 3 is 2.45 bits per heavy atom. The van der Waals surface area contributed by atoms with Crippen molar-refractivity contribution in [3.8, 4) is 0 Å². The van der Waals surface area contributed by atoms with Crippen LogP contribution in [0.5, 0.6) is 0 Å². The lowest BCUT2D eigenvalue weighted by molar-refractivity contribution is 0.273. The van der Waals surface area contributed by atoms with E-state index < -0.39 is 0 Å². The number of alkyl halides is 1. The van der Waals surface area contributed by atoms with Gasteiger partial charge in [0.1, 0.15) is 0 Å². The first-order chi connectivity index (χ1) is 9.78. The number of pyridine rings is 1. The smallest absolute Gasteiger partial charge is 0.0737 e. The van der Waals surface area contributed by atoms with Crippen molar-refractivity contribution >= 4 is 64.6 Å². The third-order valence-corrected chi connectivity index (χ3v) is 4.20. The number of rotatable bonds is 3. The molecule has 0 N–H and O–H groups in total. The van der Waals surface area contributed by atoms with E-state index in [0.29, 0.717) is 5.88 Å².